The zero-order valence-electron chi connectivity index (χ0n) is 13.8. The SMILES string of the molecule is CN1[C@@H](Cn2cncn2)C[C@H]2CN(C(=O)c3ccncc3)CC[C@H]21. The van der Waals surface area contributed by atoms with E-state index in [0.717, 1.165) is 38.0 Å². The number of nitrogens with zero attached hydrogens (tertiary/aromatic N) is 6. The molecule has 0 radical (unpaired) electrons. The summed E-state index contributed by atoms with van der Waals surface area (Å²) in [4.78, 5) is 25.2. The molecule has 126 valence electrons. The van der Waals surface area contributed by atoms with Crippen molar-refractivity contribution in [2.24, 2.45) is 5.92 Å². The summed E-state index contributed by atoms with van der Waals surface area (Å²) in [5.74, 6) is 0.654. The van der Waals surface area contributed by atoms with Gasteiger partial charge in [-0.3, -0.25) is 19.4 Å². The third-order valence-electron chi connectivity index (χ3n) is 5.45. The van der Waals surface area contributed by atoms with E-state index in [1.54, 1.807) is 37.2 Å². The van der Waals surface area contributed by atoms with E-state index < -0.39 is 0 Å². The number of fused-ring (bicyclic) bond motifs is 1. The fourth-order valence-electron chi connectivity index (χ4n) is 4.18. The summed E-state index contributed by atoms with van der Waals surface area (Å²) in [6, 6.07) is 4.60. The highest BCUT2D eigenvalue weighted by atomic mass is 16.2. The first-order chi connectivity index (χ1) is 11.7. The van der Waals surface area contributed by atoms with Gasteiger partial charge in [0.25, 0.3) is 5.91 Å². The maximum atomic E-state index is 12.7. The Labute approximate surface area is 141 Å². The minimum absolute atomic E-state index is 0.123. The molecule has 3 atom stereocenters. The molecule has 0 aliphatic carbocycles. The summed E-state index contributed by atoms with van der Waals surface area (Å²) in [6.07, 6.45) is 8.84. The van der Waals surface area contributed by atoms with Crippen LogP contribution in [0.1, 0.15) is 23.2 Å². The van der Waals surface area contributed by atoms with E-state index >= 15 is 0 Å². The number of carbonyl (C=O) groups is 1. The molecule has 4 heterocycles. The summed E-state index contributed by atoms with van der Waals surface area (Å²) < 4.78 is 1.90. The van der Waals surface area contributed by atoms with Crippen molar-refractivity contribution < 1.29 is 4.79 Å². The van der Waals surface area contributed by atoms with Gasteiger partial charge in [-0.1, -0.05) is 0 Å². The van der Waals surface area contributed by atoms with E-state index in [2.05, 4.69) is 27.0 Å². The Balaban J connectivity index is 1.43. The van der Waals surface area contributed by atoms with E-state index in [1.165, 1.54) is 0 Å². The Morgan fingerprint density at radius 1 is 1.29 bits per heavy atom. The zero-order chi connectivity index (χ0) is 16.5. The molecule has 0 aromatic carbocycles. The molecular weight excluding hydrogens is 304 g/mol. The first-order valence-electron chi connectivity index (χ1n) is 8.46. The maximum absolute atomic E-state index is 12.7. The van der Waals surface area contributed by atoms with Crippen molar-refractivity contribution >= 4 is 5.91 Å². The molecule has 24 heavy (non-hydrogen) atoms. The Morgan fingerprint density at radius 2 is 2.12 bits per heavy atom. The molecule has 2 aromatic heterocycles. The largest absolute Gasteiger partial charge is 0.338 e. The predicted octanol–water partition coefficient (Wildman–Crippen LogP) is 0.908. The topological polar surface area (TPSA) is 67.2 Å². The van der Waals surface area contributed by atoms with E-state index in [1.807, 2.05) is 9.58 Å². The van der Waals surface area contributed by atoms with Crippen molar-refractivity contribution in [3.8, 4) is 0 Å². The average molecular weight is 326 g/mol. The van der Waals surface area contributed by atoms with Gasteiger partial charge in [0.05, 0.1) is 6.54 Å². The van der Waals surface area contributed by atoms with Crippen LogP contribution in [0.2, 0.25) is 0 Å². The molecule has 0 saturated carbocycles. The summed E-state index contributed by atoms with van der Waals surface area (Å²) in [6.45, 7) is 2.52. The monoisotopic (exact) mass is 326 g/mol. The molecule has 2 aliphatic rings. The van der Waals surface area contributed by atoms with Gasteiger partial charge in [0.15, 0.2) is 0 Å². The van der Waals surface area contributed by atoms with Gasteiger partial charge in [0.1, 0.15) is 12.7 Å². The second kappa shape index (κ2) is 6.32. The molecule has 2 saturated heterocycles. The van der Waals surface area contributed by atoms with Crippen molar-refractivity contribution in [2.45, 2.75) is 31.5 Å². The number of piperidine rings is 1. The van der Waals surface area contributed by atoms with Gasteiger partial charge in [0.2, 0.25) is 0 Å². The van der Waals surface area contributed by atoms with E-state index in [0.29, 0.717) is 18.0 Å². The average Bonchev–Trinajstić information content (AvgIpc) is 3.24. The number of hydrogen-bond donors (Lipinski definition) is 0. The highest BCUT2D eigenvalue weighted by Gasteiger charge is 2.43. The molecule has 0 unspecified atom stereocenters. The van der Waals surface area contributed by atoms with E-state index in [9.17, 15) is 4.79 Å². The maximum Gasteiger partial charge on any atom is 0.253 e. The molecular formula is C17H22N6O. The summed E-state index contributed by atoms with van der Waals surface area (Å²) in [7, 11) is 2.20. The highest BCUT2D eigenvalue weighted by Crippen LogP contribution is 2.35. The van der Waals surface area contributed by atoms with E-state index in [4.69, 9.17) is 0 Å². The lowest BCUT2D eigenvalue weighted by molar-refractivity contribution is 0.0607. The molecule has 4 rings (SSSR count). The lowest BCUT2D eigenvalue weighted by atomic mass is 9.91. The van der Waals surface area contributed by atoms with Crippen molar-refractivity contribution in [1.29, 1.82) is 0 Å². The van der Waals surface area contributed by atoms with Crippen LogP contribution in [0.3, 0.4) is 0 Å². The van der Waals surface area contributed by atoms with Crippen LogP contribution in [0.15, 0.2) is 37.2 Å². The number of amides is 1. The molecule has 2 aromatic rings. The van der Waals surface area contributed by atoms with Gasteiger partial charge in [-0.15, -0.1) is 0 Å². The standard InChI is InChI=1S/C17H22N6O/c1-21-15(10-23-12-19-11-20-23)8-14-9-22(7-4-16(14)21)17(24)13-2-5-18-6-3-13/h2-3,5-6,11-12,14-16H,4,7-10H2,1H3/t14-,15+,16+/m0/s1. The van der Waals surface area contributed by atoms with Crippen LogP contribution in [-0.4, -0.2) is 67.7 Å². The first kappa shape index (κ1) is 15.3. The fourth-order valence-corrected chi connectivity index (χ4v) is 4.18. The lowest BCUT2D eigenvalue weighted by Crippen LogP contribution is -2.47. The first-order valence-corrected chi connectivity index (χ1v) is 8.46. The van der Waals surface area contributed by atoms with Crippen LogP contribution in [0.25, 0.3) is 0 Å². The smallest absolute Gasteiger partial charge is 0.253 e. The molecule has 7 heteroatoms. The summed E-state index contributed by atoms with van der Waals surface area (Å²) in [5.41, 5.74) is 0.731. The zero-order valence-corrected chi connectivity index (χ0v) is 13.8. The molecule has 0 spiro atoms. The van der Waals surface area contributed by atoms with Gasteiger partial charge in [-0.25, -0.2) is 4.98 Å². The second-order valence-electron chi connectivity index (χ2n) is 6.78. The number of likely N-dealkylation sites (tertiary alicyclic amines) is 2. The van der Waals surface area contributed by atoms with Gasteiger partial charge in [-0.05, 0) is 37.9 Å². The third kappa shape index (κ3) is 2.80. The van der Waals surface area contributed by atoms with Crippen LogP contribution in [0, 0.1) is 5.92 Å². The normalized spacial score (nSPS) is 27.2. The lowest BCUT2D eigenvalue weighted by Gasteiger charge is -2.37. The molecule has 7 nitrogen and oxygen atoms in total. The molecule has 1 amide bonds. The number of aromatic nitrogens is 4. The Morgan fingerprint density at radius 3 is 2.88 bits per heavy atom. The second-order valence-corrected chi connectivity index (χ2v) is 6.78. The molecule has 2 fully saturated rings. The number of rotatable bonds is 3. The number of carbonyl (C=O) groups excluding carboxylic acids is 1. The van der Waals surface area contributed by atoms with Crippen molar-refractivity contribution in [1.82, 2.24) is 29.5 Å². The Hall–Kier alpha value is -2.28. The van der Waals surface area contributed by atoms with Crippen molar-refractivity contribution in [3.05, 3.63) is 42.7 Å². The van der Waals surface area contributed by atoms with Gasteiger partial charge < -0.3 is 4.90 Å². The van der Waals surface area contributed by atoms with E-state index in [-0.39, 0.29) is 5.91 Å². The third-order valence-corrected chi connectivity index (χ3v) is 5.45. The van der Waals surface area contributed by atoms with Gasteiger partial charge >= 0.3 is 0 Å². The fraction of sp³-hybridized carbons (Fsp3) is 0.529. The van der Waals surface area contributed by atoms with Crippen LogP contribution >= 0.6 is 0 Å². The van der Waals surface area contributed by atoms with Crippen LogP contribution in [0.4, 0.5) is 0 Å². The van der Waals surface area contributed by atoms with Crippen LogP contribution in [-0.2, 0) is 6.54 Å². The highest BCUT2D eigenvalue weighted by molar-refractivity contribution is 5.94. The van der Waals surface area contributed by atoms with Gasteiger partial charge in [-0.2, -0.15) is 5.10 Å². The molecule has 2 aliphatic heterocycles. The number of likely N-dealkylation sites (N-methyl/N-ethyl adjacent to an activating group) is 1. The minimum atomic E-state index is 0.123. The van der Waals surface area contributed by atoms with Gasteiger partial charge in [0, 0.05) is 43.1 Å². The summed E-state index contributed by atoms with van der Waals surface area (Å²) in [5, 5.41) is 4.22. The minimum Gasteiger partial charge on any atom is -0.338 e. The Kier molecular flexibility index (Phi) is 4.02. The number of hydrogen-bond acceptors (Lipinski definition) is 5. The van der Waals surface area contributed by atoms with Crippen molar-refractivity contribution in [3.63, 3.8) is 0 Å². The number of pyridine rings is 1. The quantitative estimate of drug-likeness (QED) is 0.839. The Bertz CT molecular complexity index is 688. The summed E-state index contributed by atoms with van der Waals surface area (Å²) >= 11 is 0. The van der Waals surface area contributed by atoms with Crippen LogP contribution < -0.4 is 0 Å². The molecule has 0 N–H and O–H groups in total. The van der Waals surface area contributed by atoms with Crippen LogP contribution in [0.5, 0.6) is 0 Å². The molecule has 0 bridgehead atoms. The predicted molar refractivity (Wildman–Crippen MR) is 88.2 cm³/mol. The van der Waals surface area contributed by atoms with Crippen molar-refractivity contribution in [2.75, 3.05) is 20.1 Å².